The van der Waals surface area contributed by atoms with Crippen LogP contribution in [0.15, 0.2) is 8.83 Å². The van der Waals surface area contributed by atoms with Crippen molar-refractivity contribution in [3.63, 3.8) is 0 Å². The van der Waals surface area contributed by atoms with Gasteiger partial charge in [0.1, 0.15) is 12.3 Å². The first kappa shape index (κ1) is 26.8. The summed E-state index contributed by atoms with van der Waals surface area (Å²) in [5.41, 5.74) is 0. The van der Waals surface area contributed by atoms with Gasteiger partial charge in [0.05, 0.1) is 0 Å². The molecule has 2 aromatic rings. The maximum atomic E-state index is 12.1. The Morgan fingerprint density at radius 1 is 0.562 bits per heavy atom. The van der Waals surface area contributed by atoms with Crippen LogP contribution in [0.4, 0.5) is 0 Å². The molecule has 2 heterocycles. The van der Waals surface area contributed by atoms with Crippen molar-refractivity contribution in [2.45, 2.75) is 63.7 Å². The van der Waals surface area contributed by atoms with Crippen LogP contribution in [0.3, 0.4) is 0 Å². The van der Waals surface area contributed by atoms with Crippen molar-refractivity contribution in [2.24, 2.45) is 0 Å². The van der Waals surface area contributed by atoms with Crippen LogP contribution in [0.25, 0.3) is 0 Å². The van der Waals surface area contributed by atoms with E-state index in [1.54, 1.807) is 0 Å². The van der Waals surface area contributed by atoms with E-state index in [0.29, 0.717) is 24.6 Å². The normalized spacial score (nSPS) is 12.5. The number of hydrogen-bond acceptors (Lipinski definition) is 12. The standard InChI is InChI=1S/C18H32N4O8P2/c1-25-31(23,26-2)13-17-21-19-15(29-17)11-9-7-5-6-8-10-12-16-20-22-18(30-16)14-32(24,27-3)28-4/h5-14H2,1-4H3. The number of rotatable bonds is 17. The fourth-order valence-electron chi connectivity index (χ4n) is 2.90. The van der Waals surface area contributed by atoms with Crippen molar-refractivity contribution in [3.8, 4) is 0 Å². The zero-order valence-electron chi connectivity index (χ0n) is 19.0. The number of aryl methyl sites for hydroxylation is 2. The summed E-state index contributed by atoms with van der Waals surface area (Å²) in [5.74, 6) is 1.56. The van der Waals surface area contributed by atoms with Gasteiger partial charge in [-0.15, -0.1) is 20.4 Å². The maximum Gasteiger partial charge on any atom is 0.339 e. The van der Waals surface area contributed by atoms with Gasteiger partial charge in [-0.05, 0) is 12.8 Å². The van der Waals surface area contributed by atoms with Crippen LogP contribution in [0.1, 0.15) is 62.1 Å². The van der Waals surface area contributed by atoms with E-state index in [1.807, 2.05) is 0 Å². The molecule has 12 nitrogen and oxygen atoms in total. The highest BCUT2D eigenvalue weighted by Gasteiger charge is 2.26. The number of hydrogen-bond donors (Lipinski definition) is 0. The van der Waals surface area contributed by atoms with Gasteiger partial charge >= 0.3 is 15.2 Å². The van der Waals surface area contributed by atoms with Crippen LogP contribution in [-0.2, 0) is 52.4 Å². The molecule has 0 atom stereocenters. The van der Waals surface area contributed by atoms with Gasteiger partial charge in [-0.1, -0.05) is 25.7 Å². The van der Waals surface area contributed by atoms with Gasteiger partial charge in [0.2, 0.25) is 23.6 Å². The molecule has 0 aromatic carbocycles. The number of aromatic nitrogens is 4. The molecule has 0 fully saturated rings. The largest absolute Gasteiger partial charge is 0.425 e. The van der Waals surface area contributed by atoms with Gasteiger partial charge in [0, 0.05) is 41.3 Å². The summed E-state index contributed by atoms with van der Waals surface area (Å²) in [4.78, 5) is 0. The van der Waals surface area contributed by atoms with Gasteiger partial charge in [0.15, 0.2) is 0 Å². The Labute approximate surface area is 187 Å². The molecule has 2 rings (SSSR count). The van der Waals surface area contributed by atoms with Gasteiger partial charge < -0.3 is 26.9 Å². The fraction of sp³-hybridized carbons (Fsp3) is 0.778. The SMILES string of the molecule is COP(=O)(Cc1nnc(CCCCCCCCc2nnc(CP(=O)(OC)OC)o2)o1)OC. The minimum Gasteiger partial charge on any atom is -0.425 e. The molecular formula is C18H32N4O8P2. The summed E-state index contributed by atoms with van der Waals surface area (Å²) >= 11 is 0. The average Bonchev–Trinajstić information content (AvgIpc) is 3.44. The second-order valence-electron chi connectivity index (χ2n) is 7.07. The smallest absolute Gasteiger partial charge is 0.339 e. The molecular weight excluding hydrogens is 462 g/mol. The van der Waals surface area contributed by atoms with E-state index in [4.69, 9.17) is 26.9 Å². The molecule has 2 aromatic heterocycles. The Bertz CT molecular complexity index is 815. The highest BCUT2D eigenvalue weighted by atomic mass is 31.2. The highest BCUT2D eigenvalue weighted by Crippen LogP contribution is 2.50. The first-order valence-electron chi connectivity index (χ1n) is 10.4. The maximum absolute atomic E-state index is 12.1. The van der Waals surface area contributed by atoms with Crippen molar-refractivity contribution >= 4 is 15.2 Å². The summed E-state index contributed by atoms with van der Waals surface area (Å²) in [6.45, 7) is 0. The van der Waals surface area contributed by atoms with E-state index < -0.39 is 15.2 Å². The van der Waals surface area contributed by atoms with Gasteiger partial charge in [0.25, 0.3) is 0 Å². The lowest BCUT2D eigenvalue weighted by Crippen LogP contribution is -1.93. The van der Waals surface area contributed by atoms with Crippen LogP contribution in [-0.4, -0.2) is 48.8 Å². The second-order valence-corrected chi connectivity index (χ2v) is 11.6. The minimum atomic E-state index is -3.21. The summed E-state index contributed by atoms with van der Waals surface area (Å²) in [6.07, 6.45) is 7.40. The van der Waals surface area contributed by atoms with E-state index in [0.717, 1.165) is 38.5 Å². The quantitative estimate of drug-likeness (QED) is 0.224. The molecule has 32 heavy (non-hydrogen) atoms. The lowest BCUT2D eigenvalue weighted by molar-refractivity contribution is 0.269. The van der Waals surface area contributed by atoms with Crippen LogP contribution < -0.4 is 0 Å². The Morgan fingerprint density at radius 3 is 1.22 bits per heavy atom. The predicted molar refractivity (Wildman–Crippen MR) is 114 cm³/mol. The van der Waals surface area contributed by atoms with Crippen LogP contribution in [0.5, 0.6) is 0 Å². The summed E-state index contributed by atoms with van der Waals surface area (Å²) in [5, 5.41) is 15.8. The zero-order valence-corrected chi connectivity index (χ0v) is 20.8. The molecule has 0 bridgehead atoms. The molecule has 0 aliphatic heterocycles. The van der Waals surface area contributed by atoms with E-state index in [9.17, 15) is 9.13 Å². The predicted octanol–water partition coefficient (Wildman–Crippen LogP) is 4.55. The van der Waals surface area contributed by atoms with Crippen molar-refractivity contribution in [1.82, 2.24) is 20.4 Å². The van der Waals surface area contributed by atoms with Crippen molar-refractivity contribution < 1.29 is 36.1 Å². The summed E-state index contributed by atoms with van der Waals surface area (Å²) in [6, 6.07) is 0. The molecule has 0 N–H and O–H groups in total. The van der Waals surface area contributed by atoms with Gasteiger partial charge in [-0.25, -0.2) is 0 Å². The Balaban J connectivity index is 1.56. The average molecular weight is 494 g/mol. The molecule has 0 unspecified atom stereocenters. The van der Waals surface area contributed by atoms with Crippen LogP contribution >= 0.6 is 15.2 Å². The third-order valence-electron chi connectivity index (χ3n) is 4.82. The van der Waals surface area contributed by atoms with Gasteiger partial charge in [-0.3, -0.25) is 9.13 Å². The lowest BCUT2D eigenvalue weighted by Gasteiger charge is -2.10. The molecule has 0 aliphatic rings. The Hall–Kier alpha value is -1.42. The molecule has 0 spiro atoms. The minimum absolute atomic E-state index is 0.0351. The van der Waals surface area contributed by atoms with Crippen molar-refractivity contribution in [3.05, 3.63) is 23.6 Å². The van der Waals surface area contributed by atoms with Crippen molar-refractivity contribution in [1.29, 1.82) is 0 Å². The van der Waals surface area contributed by atoms with E-state index in [-0.39, 0.29) is 24.1 Å². The molecule has 0 amide bonds. The first-order chi connectivity index (χ1) is 15.3. The summed E-state index contributed by atoms with van der Waals surface area (Å²) in [7, 11) is -1.12. The molecule has 182 valence electrons. The van der Waals surface area contributed by atoms with Gasteiger partial charge in [-0.2, -0.15) is 0 Å². The van der Waals surface area contributed by atoms with Crippen LogP contribution in [0.2, 0.25) is 0 Å². The Morgan fingerprint density at radius 2 is 0.875 bits per heavy atom. The second kappa shape index (κ2) is 13.3. The number of unbranched alkanes of at least 4 members (excludes halogenated alkanes) is 5. The lowest BCUT2D eigenvalue weighted by atomic mass is 10.1. The molecule has 0 aliphatic carbocycles. The topological polar surface area (TPSA) is 149 Å². The monoisotopic (exact) mass is 494 g/mol. The summed E-state index contributed by atoms with van der Waals surface area (Å²) < 4.78 is 54.7. The third kappa shape index (κ3) is 8.84. The third-order valence-corrected chi connectivity index (χ3v) is 8.36. The molecule has 14 heteroatoms. The van der Waals surface area contributed by atoms with Crippen molar-refractivity contribution in [2.75, 3.05) is 28.4 Å². The van der Waals surface area contributed by atoms with E-state index in [1.165, 1.54) is 28.4 Å². The fourth-order valence-corrected chi connectivity index (χ4v) is 4.64. The van der Waals surface area contributed by atoms with E-state index >= 15 is 0 Å². The molecule has 0 radical (unpaired) electrons. The van der Waals surface area contributed by atoms with Crippen LogP contribution in [0, 0.1) is 0 Å². The molecule has 0 saturated carbocycles. The Kier molecular flexibility index (Phi) is 11.2. The highest BCUT2D eigenvalue weighted by molar-refractivity contribution is 7.53. The molecule has 0 saturated heterocycles. The number of nitrogens with zero attached hydrogens (tertiary/aromatic N) is 4. The zero-order chi connectivity index (χ0) is 23.5. The van der Waals surface area contributed by atoms with E-state index in [2.05, 4.69) is 20.4 Å². The first-order valence-corrected chi connectivity index (χ1v) is 13.8.